The molecule has 26 heavy (non-hydrogen) atoms. The van der Waals surface area contributed by atoms with Crippen molar-refractivity contribution in [3.63, 3.8) is 0 Å². The van der Waals surface area contributed by atoms with Gasteiger partial charge in [-0.05, 0) is 74.7 Å². The van der Waals surface area contributed by atoms with Gasteiger partial charge in [-0.3, -0.25) is 0 Å². The molecule has 0 amide bonds. The first kappa shape index (κ1) is 20.0. The highest BCUT2D eigenvalue weighted by molar-refractivity contribution is 5.21. The van der Waals surface area contributed by atoms with Crippen molar-refractivity contribution >= 4 is 0 Å². The van der Waals surface area contributed by atoms with Crippen molar-refractivity contribution in [2.75, 3.05) is 0 Å². The largest absolute Gasteiger partial charge is 0.0654 e. The van der Waals surface area contributed by atoms with Gasteiger partial charge in [-0.25, -0.2) is 0 Å². The Balaban J connectivity index is 1.27. The lowest BCUT2D eigenvalue weighted by Gasteiger charge is -2.38. The lowest BCUT2D eigenvalue weighted by Crippen LogP contribution is -2.25. The van der Waals surface area contributed by atoms with Gasteiger partial charge < -0.3 is 0 Å². The molecule has 2 saturated carbocycles. The Kier molecular flexibility index (Phi) is 8.08. The third-order valence-electron chi connectivity index (χ3n) is 7.59. The smallest absolute Gasteiger partial charge is 0.0279 e. The second kappa shape index (κ2) is 10.5. The van der Waals surface area contributed by atoms with Crippen molar-refractivity contribution in [3.05, 3.63) is 35.4 Å². The Morgan fingerprint density at radius 1 is 0.692 bits per heavy atom. The minimum Gasteiger partial charge on any atom is -0.0654 e. The maximum atomic E-state index is 2.36. The second-order valence-electron chi connectivity index (χ2n) is 9.58. The van der Waals surface area contributed by atoms with Crippen LogP contribution >= 0.6 is 0 Å². The number of aryl methyl sites for hydroxylation is 2. The molecule has 2 fully saturated rings. The summed E-state index contributed by atoms with van der Waals surface area (Å²) in [6, 6.07) is 9.14. The molecule has 3 rings (SSSR count). The van der Waals surface area contributed by atoms with Crippen LogP contribution in [0.15, 0.2) is 24.3 Å². The van der Waals surface area contributed by atoms with Crippen LogP contribution in [0, 0.1) is 30.6 Å². The second-order valence-corrected chi connectivity index (χ2v) is 9.58. The molecule has 146 valence electrons. The first-order valence-corrected chi connectivity index (χ1v) is 11.8. The summed E-state index contributed by atoms with van der Waals surface area (Å²) in [5, 5.41) is 0. The topological polar surface area (TPSA) is 0 Å². The standard InChI is InChI=1S/C26H42/c1-3-6-22-13-17-25(18-14-22)26-19-15-24(16-20-26)8-5-4-7-23-11-9-21(2)10-12-23/h9-12,22,24-26H,3-8,13-20H2,1-2H3/t22-,24?,25-,26?. The molecule has 2 aliphatic rings. The molecule has 1 aromatic carbocycles. The van der Waals surface area contributed by atoms with Gasteiger partial charge in [0.25, 0.3) is 0 Å². The molecule has 0 radical (unpaired) electrons. The van der Waals surface area contributed by atoms with Gasteiger partial charge in [0, 0.05) is 0 Å². The maximum Gasteiger partial charge on any atom is -0.0279 e. The zero-order valence-electron chi connectivity index (χ0n) is 17.5. The molecule has 0 saturated heterocycles. The highest BCUT2D eigenvalue weighted by Gasteiger charge is 2.30. The summed E-state index contributed by atoms with van der Waals surface area (Å²) in [4.78, 5) is 0. The van der Waals surface area contributed by atoms with Crippen LogP contribution in [0.5, 0.6) is 0 Å². The van der Waals surface area contributed by atoms with E-state index < -0.39 is 0 Å². The van der Waals surface area contributed by atoms with Crippen molar-refractivity contribution in [1.29, 1.82) is 0 Å². The number of rotatable bonds is 8. The van der Waals surface area contributed by atoms with Crippen molar-refractivity contribution in [2.24, 2.45) is 23.7 Å². The quantitative estimate of drug-likeness (QED) is 0.413. The van der Waals surface area contributed by atoms with E-state index in [2.05, 4.69) is 38.1 Å². The van der Waals surface area contributed by atoms with Gasteiger partial charge in [0.2, 0.25) is 0 Å². The van der Waals surface area contributed by atoms with E-state index in [4.69, 9.17) is 0 Å². The van der Waals surface area contributed by atoms with Crippen LogP contribution in [0.1, 0.15) is 102 Å². The van der Waals surface area contributed by atoms with Crippen LogP contribution in [0.3, 0.4) is 0 Å². The molecular formula is C26H42. The Morgan fingerprint density at radius 3 is 1.77 bits per heavy atom. The molecular weight excluding hydrogens is 312 g/mol. The van der Waals surface area contributed by atoms with Crippen molar-refractivity contribution in [2.45, 2.75) is 104 Å². The van der Waals surface area contributed by atoms with E-state index >= 15 is 0 Å². The maximum absolute atomic E-state index is 2.36. The summed E-state index contributed by atoms with van der Waals surface area (Å²) in [6.07, 6.45) is 20.8. The fourth-order valence-electron chi connectivity index (χ4n) is 5.82. The minimum absolute atomic E-state index is 1.04. The molecule has 0 heteroatoms. The van der Waals surface area contributed by atoms with E-state index in [1.54, 1.807) is 25.7 Å². The van der Waals surface area contributed by atoms with Gasteiger partial charge >= 0.3 is 0 Å². The molecule has 1 aromatic rings. The van der Waals surface area contributed by atoms with Crippen molar-refractivity contribution in [1.82, 2.24) is 0 Å². The van der Waals surface area contributed by atoms with Gasteiger partial charge in [-0.1, -0.05) is 88.1 Å². The van der Waals surface area contributed by atoms with Crippen LogP contribution in [0.4, 0.5) is 0 Å². The van der Waals surface area contributed by atoms with Crippen LogP contribution in [-0.4, -0.2) is 0 Å². The SMILES string of the molecule is CCC[C@H]1CC[C@H](C2CCC(CCCCc3ccc(C)cc3)CC2)CC1. The minimum atomic E-state index is 1.04. The molecule has 0 spiro atoms. The van der Waals surface area contributed by atoms with E-state index in [-0.39, 0.29) is 0 Å². The summed E-state index contributed by atoms with van der Waals surface area (Å²) >= 11 is 0. The predicted octanol–water partition coefficient (Wildman–Crippen LogP) is 8.12. The normalized spacial score (nSPS) is 29.6. The lowest BCUT2D eigenvalue weighted by molar-refractivity contribution is 0.140. The summed E-state index contributed by atoms with van der Waals surface area (Å²) in [5.41, 5.74) is 2.90. The van der Waals surface area contributed by atoms with Crippen LogP contribution in [0.2, 0.25) is 0 Å². The van der Waals surface area contributed by atoms with Crippen molar-refractivity contribution in [3.8, 4) is 0 Å². The number of hydrogen-bond acceptors (Lipinski definition) is 0. The van der Waals surface area contributed by atoms with E-state index in [0.29, 0.717) is 0 Å². The molecule has 2 aliphatic carbocycles. The highest BCUT2D eigenvalue weighted by atomic mass is 14.4. The molecule has 0 N–H and O–H groups in total. The third-order valence-corrected chi connectivity index (χ3v) is 7.59. The average molecular weight is 355 g/mol. The van der Waals surface area contributed by atoms with E-state index in [1.165, 1.54) is 75.3 Å². The van der Waals surface area contributed by atoms with Gasteiger partial charge in [0.1, 0.15) is 0 Å². The number of benzene rings is 1. The van der Waals surface area contributed by atoms with Crippen molar-refractivity contribution < 1.29 is 0 Å². The summed E-state index contributed by atoms with van der Waals surface area (Å²) in [5.74, 6) is 4.29. The predicted molar refractivity (Wildman–Crippen MR) is 115 cm³/mol. The Bertz CT molecular complexity index is 483. The molecule has 0 unspecified atom stereocenters. The Morgan fingerprint density at radius 2 is 1.23 bits per heavy atom. The fourth-order valence-corrected chi connectivity index (χ4v) is 5.82. The highest BCUT2D eigenvalue weighted by Crippen LogP contribution is 2.43. The first-order valence-electron chi connectivity index (χ1n) is 11.8. The van der Waals surface area contributed by atoms with Crippen LogP contribution in [-0.2, 0) is 6.42 Å². The number of hydrogen-bond donors (Lipinski definition) is 0. The monoisotopic (exact) mass is 354 g/mol. The van der Waals surface area contributed by atoms with Gasteiger partial charge in [0.15, 0.2) is 0 Å². The first-order chi connectivity index (χ1) is 12.7. The summed E-state index contributed by atoms with van der Waals surface area (Å²) in [7, 11) is 0. The van der Waals surface area contributed by atoms with Gasteiger partial charge in [0.05, 0.1) is 0 Å². The molecule has 0 aromatic heterocycles. The summed E-state index contributed by atoms with van der Waals surface area (Å²) < 4.78 is 0. The number of unbranched alkanes of at least 4 members (excludes halogenated alkanes) is 1. The average Bonchev–Trinajstić information content (AvgIpc) is 2.68. The van der Waals surface area contributed by atoms with E-state index in [9.17, 15) is 0 Å². The molecule has 0 bridgehead atoms. The third kappa shape index (κ3) is 6.14. The lowest BCUT2D eigenvalue weighted by atomic mass is 9.68. The van der Waals surface area contributed by atoms with Crippen LogP contribution in [0.25, 0.3) is 0 Å². The van der Waals surface area contributed by atoms with E-state index in [1.807, 2.05) is 0 Å². The summed E-state index contributed by atoms with van der Waals surface area (Å²) in [6.45, 7) is 4.53. The molecule has 0 aliphatic heterocycles. The fraction of sp³-hybridized carbons (Fsp3) is 0.769. The zero-order chi connectivity index (χ0) is 18.2. The van der Waals surface area contributed by atoms with Gasteiger partial charge in [-0.2, -0.15) is 0 Å². The van der Waals surface area contributed by atoms with E-state index in [0.717, 1.165) is 23.7 Å². The van der Waals surface area contributed by atoms with Crippen LogP contribution < -0.4 is 0 Å². The molecule has 0 nitrogen and oxygen atoms in total. The Hall–Kier alpha value is -0.780. The Labute approximate surface area is 163 Å². The van der Waals surface area contributed by atoms with Gasteiger partial charge in [-0.15, -0.1) is 0 Å². The molecule has 0 atom stereocenters. The zero-order valence-corrected chi connectivity index (χ0v) is 17.5. The molecule has 0 heterocycles.